The Labute approximate surface area is 188 Å². The van der Waals surface area contributed by atoms with Crippen LogP contribution in [0.15, 0.2) is 36.7 Å². The summed E-state index contributed by atoms with van der Waals surface area (Å²) < 4.78 is 25.1. The molecule has 0 saturated carbocycles. The van der Waals surface area contributed by atoms with E-state index in [-0.39, 0.29) is 16.8 Å². The average Bonchev–Trinajstić information content (AvgIpc) is 3.28. The van der Waals surface area contributed by atoms with Gasteiger partial charge in [0, 0.05) is 36.8 Å². The van der Waals surface area contributed by atoms with Crippen molar-refractivity contribution < 1.29 is 23.8 Å². The number of aliphatic hydroxyl groups excluding tert-OH is 1. The Hall–Kier alpha value is -3.17. The van der Waals surface area contributed by atoms with E-state index in [9.17, 15) is 9.18 Å². The highest BCUT2D eigenvalue weighted by molar-refractivity contribution is 6.31. The van der Waals surface area contributed by atoms with Crippen LogP contribution in [0.2, 0.25) is 5.02 Å². The van der Waals surface area contributed by atoms with E-state index in [2.05, 4.69) is 15.3 Å². The molecule has 1 saturated heterocycles. The SMILES string of the molecule is COc1cc(OCC2CCN(C(=O)CO)C2)c2c(Nc3ccc(F)c(Cl)c3)ncnc2c1. The molecule has 1 fully saturated rings. The molecule has 32 heavy (non-hydrogen) atoms. The van der Waals surface area contributed by atoms with Crippen molar-refractivity contribution in [2.75, 3.05) is 38.7 Å². The number of likely N-dealkylation sites (tertiary alicyclic amines) is 1. The molecule has 0 bridgehead atoms. The molecule has 2 aromatic carbocycles. The van der Waals surface area contributed by atoms with Crippen LogP contribution in [0.4, 0.5) is 15.9 Å². The van der Waals surface area contributed by atoms with Crippen LogP contribution in [0.3, 0.4) is 0 Å². The number of anilines is 2. The number of methoxy groups -OCH3 is 1. The number of hydrogen-bond acceptors (Lipinski definition) is 7. The van der Waals surface area contributed by atoms with Gasteiger partial charge in [-0.2, -0.15) is 0 Å². The number of nitrogens with one attached hydrogen (secondary N) is 1. The Kier molecular flexibility index (Phi) is 6.57. The van der Waals surface area contributed by atoms with Crippen molar-refractivity contribution >= 4 is 39.9 Å². The van der Waals surface area contributed by atoms with E-state index in [1.54, 1.807) is 30.2 Å². The number of nitrogens with zero attached hydrogens (tertiary/aromatic N) is 3. The van der Waals surface area contributed by atoms with Crippen molar-refractivity contribution in [2.24, 2.45) is 5.92 Å². The van der Waals surface area contributed by atoms with Crippen LogP contribution in [-0.4, -0.2) is 59.3 Å². The molecule has 3 aromatic rings. The number of aromatic nitrogens is 2. The quantitative estimate of drug-likeness (QED) is 0.557. The van der Waals surface area contributed by atoms with E-state index in [0.29, 0.717) is 53.6 Å². The molecule has 2 N–H and O–H groups in total. The summed E-state index contributed by atoms with van der Waals surface area (Å²) in [6, 6.07) is 7.82. The van der Waals surface area contributed by atoms with Gasteiger partial charge >= 0.3 is 0 Å². The number of rotatable bonds is 7. The lowest BCUT2D eigenvalue weighted by Crippen LogP contribution is -2.31. The molecule has 4 rings (SSSR count). The van der Waals surface area contributed by atoms with Gasteiger partial charge in [0.25, 0.3) is 0 Å². The van der Waals surface area contributed by atoms with Crippen LogP contribution in [0.1, 0.15) is 6.42 Å². The summed E-state index contributed by atoms with van der Waals surface area (Å²) in [5.41, 5.74) is 1.17. The first-order chi connectivity index (χ1) is 15.5. The zero-order valence-electron chi connectivity index (χ0n) is 17.3. The fourth-order valence-corrected chi connectivity index (χ4v) is 3.85. The number of carbonyl (C=O) groups is 1. The highest BCUT2D eigenvalue weighted by Crippen LogP contribution is 2.36. The zero-order chi connectivity index (χ0) is 22.7. The summed E-state index contributed by atoms with van der Waals surface area (Å²) in [5, 5.41) is 12.8. The van der Waals surface area contributed by atoms with Crippen molar-refractivity contribution in [2.45, 2.75) is 6.42 Å². The first-order valence-corrected chi connectivity index (χ1v) is 10.4. The third-order valence-corrected chi connectivity index (χ3v) is 5.63. The second kappa shape index (κ2) is 9.54. The van der Waals surface area contributed by atoms with Crippen molar-refractivity contribution in [1.82, 2.24) is 14.9 Å². The lowest BCUT2D eigenvalue weighted by Gasteiger charge is -2.17. The Morgan fingerprint density at radius 2 is 2.19 bits per heavy atom. The monoisotopic (exact) mass is 460 g/mol. The number of amides is 1. The van der Waals surface area contributed by atoms with Gasteiger partial charge in [-0.25, -0.2) is 14.4 Å². The Balaban J connectivity index is 1.62. The predicted octanol–water partition coefficient (Wildman–Crippen LogP) is 3.39. The lowest BCUT2D eigenvalue weighted by atomic mass is 10.1. The van der Waals surface area contributed by atoms with Gasteiger partial charge in [-0.05, 0) is 24.6 Å². The summed E-state index contributed by atoms with van der Waals surface area (Å²) in [7, 11) is 1.56. The van der Waals surface area contributed by atoms with Gasteiger partial charge in [-0.1, -0.05) is 11.6 Å². The number of ether oxygens (including phenoxy) is 2. The van der Waals surface area contributed by atoms with Crippen LogP contribution in [0, 0.1) is 11.7 Å². The summed E-state index contributed by atoms with van der Waals surface area (Å²) >= 11 is 5.90. The summed E-state index contributed by atoms with van der Waals surface area (Å²) in [5.74, 6) is 0.900. The van der Waals surface area contributed by atoms with Crippen molar-refractivity contribution in [3.8, 4) is 11.5 Å². The van der Waals surface area contributed by atoms with E-state index < -0.39 is 12.4 Å². The van der Waals surface area contributed by atoms with Crippen molar-refractivity contribution in [3.63, 3.8) is 0 Å². The molecule has 2 heterocycles. The molecule has 1 amide bonds. The van der Waals surface area contributed by atoms with Gasteiger partial charge in [0.2, 0.25) is 5.91 Å². The standard InChI is InChI=1S/C22H22ClFN4O4/c1-31-15-7-18-21(19(8-15)32-11-13-4-5-28(9-13)20(30)10-29)22(26-12-25-18)27-14-2-3-17(24)16(23)6-14/h2-3,6-8,12-13,29H,4-5,9-11H2,1H3,(H,25,26,27). The van der Waals surface area contributed by atoms with Crippen LogP contribution in [-0.2, 0) is 4.79 Å². The molecule has 168 valence electrons. The van der Waals surface area contributed by atoms with E-state index >= 15 is 0 Å². The first-order valence-electron chi connectivity index (χ1n) is 10.0. The third kappa shape index (κ3) is 4.68. The summed E-state index contributed by atoms with van der Waals surface area (Å²) in [6.45, 7) is 0.993. The molecule has 0 aliphatic carbocycles. The van der Waals surface area contributed by atoms with E-state index in [0.717, 1.165) is 6.42 Å². The lowest BCUT2D eigenvalue weighted by molar-refractivity contribution is -0.133. The largest absolute Gasteiger partial charge is 0.497 e. The maximum Gasteiger partial charge on any atom is 0.248 e. The molecule has 10 heteroatoms. The molecule has 8 nitrogen and oxygen atoms in total. The van der Waals surface area contributed by atoms with Gasteiger partial charge in [0.05, 0.1) is 29.6 Å². The molecule has 1 aliphatic heterocycles. The predicted molar refractivity (Wildman–Crippen MR) is 118 cm³/mol. The molecular formula is C22H22ClFN4O4. The second-order valence-corrected chi connectivity index (χ2v) is 7.87. The van der Waals surface area contributed by atoms with E-state index in [1.165, 1.54) is 18.5 Å². The van der Waals surface area contributed by atoms with Crippen molar-refractivity contribution in [1.29, 1.82) is 0 Å². The van der Waals surface area contributed by atoms with Crippen molar-refractivity contribution in [3.05, 3.63) is 47.5 Å². The minimum Gasteiger partial charge on any atom is -0.497 e. The minimum absolute atomic E-state index is 0.00489. The zero-order valence-corrected chi connectivity index (χ0v) is 18.1. The molecule has 0 radical (unpaired) electrons. The van der Waals surface area contributed by atoms with Gasteiger partial charge in [-0.15, -0.1) is 0 Å². The fraction of sp³-hybridized carbons (Fsp3) is 0.318. The van der Waals surface area contributed by atoms with Crippen LogP contribution in [0.5, 0.6) is 11.5 Å². The second-order valence-electron chi connectivity index (χ2n) is 7.46. The number of aliphatic hydroxyl groups is 1. The minimum atomic E-state index is -0.510. The molecule has 1 atom stereocenters. The maximum absolute atomic E-state index is 13.5. The van der Waals surface area contributed by atoms with Gasteiger partial charge in [-0.3, -0.25) is 4.79 Å². The van der Waals surface area contributed by atoms with Gasteiger partial charge in [0.1, 0.15) is 36.1 Å². The van der Waals surface area contributed by atoms with E-state index in [1.807, 2.05) is 0 Å². The number of benzene rings is 2. The van der Waals surface area contributed by atoms with Gasteiger partial charge in [0.15, 0.2) is 0 Å². The van der Waals surface area contributed by atoms with E-state index in [4.69, 9.17) is 26.2 Å². The highest BCUT2D eigenvalue weighted by atomic mass is 35.5. The van der Waals surface area contributed by atoms with Crippen LogP contribution >= 0.6 is 11.6 Å². The Morgan fingerprint density at radius 3 is 2.94 bits per heavy atom. The molecule has 1 aliphatic rings. The number of carbonyl (C=O) groups excluding carboxylic acids is 1. The highest BCUT2D eigenvalue weighted by Gasteiger charge is 2.26. The first kappa shape index (κ1) is 22.0. The average molecular weight is 461 g/mol. The number of fused-ring (bicyclic) bond motifs is 1. The molecule has 0 spiro atoms. The Morgan fingerprint density at radius 1 is 1.34 bits per heavy atom. The van der Waals surface area contributed by atoms with Gasteiger partial charge < -0.3 is 24.8 Å². The normalized spacial score (nSPS) is 15.8. The van der Waals surface area contributed by atoms with Crippen LogP contribution < -0.4 is 14.8 Å². The molecular weight excluding hydrogens is 439 g/mol. The molecule has 1 unspecified atom stereocenters. The Bertz CT molecular complexity index is 1150. The number of hydrogen-bond donors (Lipinski definition) is 2. The summed E-state index contributed by atoms with van der Waals surface area (Å²) in [4.78, 5) is 22.0. The van der Waals surface area contributed by atoms with Crippen LogP contribution in [0.25, 0.3) is 10.9 Å². The fourth-order valence-electron chi connectivity index (χ4n) is 3.67. The summed E-state index contributed by atoms with van der Waals surface area (Å²) in [6.07, 6.45) is 2.19. The molecule has 1 aromatic heterocycles. The third-order valence-electron chi connectivity index (χ3n) is 5.34. The maximum atomic E-state index is 13.5. The smallest absolute Gasteiger partial charge is 0.248 e. The topological polar surface area (TPSA) is 96.8 Å². The number of halogens is 2.